The summed E-state index contributed by atoms with van der Waals surface area (Å²) >= 11 is 8.63. The van der Waals surface area contributed by atoms with Crippen molar-refractivity contribution in [1.82, 2.24) is 0 Å². The Morgan fingerprint density at radius 1 is 0.436 bits per heavy atom. The number of para-hydroxylation sites is 2. The SMILES string of the molecule is C.CC(=O)c1ccc(C(=O)c2ccc(Oc3ccc(C)cc3)cc2)cc1.O=C(Cl)c1ccc(C(=O)Cl)cc1.[Cl][Al]([Cl])[Cl].c1ccc(Oc2ccccc2)cc1. The van der Waals surface area contributed by atoms with Gasteiger partial charge < -0.3 is 9.47 Å². The molecular formula is C43H36AlCl5O6. The van der Waals surface area contributed by atoms with E-state index in [1.807, 2.05) is 91.9 Å². The molecule has 0 unspecified atom stereocenters. The molecule has 0 saturated heterocycles. The summed E-state index contributed by atoms with van der Waals surface area (Å²) in [6.07, 6.45) is 0. The number of rotatable bonds is 9. The summed E-state index contributed by atoms with van der Waals surface area (Å²) in [5.41, 5.74) is 3.59. The Kier molecular flexibility index (Phi) is 21.1. The van der Waals surface area contributed by atoms with Gasteiger partial charge in [-0.25, -0.2) is 30.1 Å². The van der Waals surface area contributed by atoms with Crippen LogP contribution in [0.3, 0.4) is 0 Å². The van der Waals surface area contributed by atoms with Gasteiger partial charge in [-0.3, -0.25) is 19.2 Å². The Hall–Kier alpha value is -4.42. The van der Waals surface area contributed by atoms with Crippen LogP contribution in [0.2, 0.25) is 0 Å². The molecule has 0 N–H and O–H groups in total. The lowest BCUT2D eigenvalue weighted by Gasteiger charge is -2.07. The van der Waals surface area contributed by atoms with Crippen LogP contribution in [0, 0.1) is 6.92 Å². The van der Waals surface area contributed by atoms with Gasteiger partial charge >= 0.3 is 11.4 Å². The molecule has 282 valence electrons. The van der Waals surface area contributed by atoms with Crippen molar-refractivity contribution in [2.75, 3.05) is 0 Å². The summed E-state index contributed by atoms with van der Waals surface area (Å²) in [7, 11) is 14.8. The zero-order valence-electron chi connectivity index (χ0n) is 28.9. The predicted octanol–water partition coefficient (Wildman–Crippen LogP) is 13.5. The standard InChI is InChI=1S/C22H18O3.C12H10O.C8H4Cl2O2.CH4.Al.3ClH/c1-15-3-11-20(12-4-15)25-21-13-9-19(10-14-21)22(24)18-7-5-17(6-8-18)16(2)23;1-3-7-11(8-4-1)13-12-9-5-2-6-10-12;9-7(11)5-1-2-6(4-3-5)8(10)12;;;;;/h3-14H,1-2H3;1-10H;1-4H;1H4;;3*1H/q;;;;+3;;;/p-3. The molecule has 12 heteroatoms. The van der Waals surface area contributed by atoms with Crippen molar-refractivity contribution in [3.63, 3.8) is 0 Å². The van der Waals surface area contributed by atoms with Crippen molar-refractivity contribution >= 4 is 86.8 Å². The summed E-state index contributed by atoms with van der Waals surface area (Å²) in [6, 6.07) is 46.8. The van der Waals surface area contributed by atoms with E-state index in [1.54, 1.807) is 48.5 Å². The molecule has 0 aliphatic carbocycles. The van der Waals surface area contributed by atoms with Crippen molar-refractivity contribution in [3.05, 3.63) is 191 Å². The molecule has 0 saturated carbocycles. The smallest absolute Gasteiger partial charge is 0.457 e. The number of aryl methyl sites for hydroxylation is 1. The topological polar surface area (TPSA) is 86.7 Å². The lowest BCUT2D eigenvalue weighted by atomic mass is 10.0. The molecule has 0 aliphatic rings. The number of hydrogen-bond donors (Lipinski definition) is 0. The molecule has 0 fully saturated rings. The van der Waals surface area contributed by atoms with E-state index in [0.717, 1.165) is 17.2 Å². The normalized spacial score (nSPS) is 9.51. The highest BCUT2D eigenvalue weighted by Crippen LogP contribution is 2.23. The first kappa shape index (κ1) is 46.7. The lowest BCUT2D eigenvalue weighted by molar-refractivity contribution is 0.101. The summed E-state index contributed by atoms with van der Waals surface area (Å²) in [5, 5.41) is -1.10. The van der Waals surface area contributed by atoms with Gasteiger partial charge in [-0.1, -0.05) is 85.8 Å². The van der Waals surface area contributed by atoms with Gasteiger partial charge in [0.15, 0.2) is 11.6 Å². The number of hydrogen-bond acceptors (Lipinski definition) is 6. The van der Waals surface area contributed by atoms with Gasteiger partial charge in [-0.05, 0) is 122 Å². The summed E-state index contributed by atoms with van der Waals surface area (Å²) in [4.78, 5) is 45.0. The van der Waals surface area contributed by atoms with Gasteiger partial charge in [0.05, 0.1) is 0 Å². The monoisotopic (exact) mass is 850 g/mol. The van der Waals surface area contributed by atoms with Crippen LogP contribution in [0.15, 0.2) is 158 Å². The number of ether oxygens (including phenoxy) is 2. The molecule has 6 aromatic rings. The average Bonchev–Trinajstić information content (AvgIpc) is 3.17. The molecule has 0 aliphatic heterocycles. The fraction of sp³-hybridized carbons (Fsp3) is 0.0698. The van der Waals surface area contributed by atoms with E-state index in [9.17, 15) is 19.2 Å². The first-order valence-electron chi connectivity index (χ1n) is 16.0. The maximum Gasteiger partial charge on any atom is 0.643 e. The van der Waals surface area contributed by atoms with Gasteiger partial charge in [-0.15, -0.1) is 0 Å². The van der Waals surface area contributed by atoms with Crippen LogP contribution >= 0.6 is 53.3 Å². The largest absolute Gasteiger partial charge is 0.643 e. The Morgan fingerprint density at radius 2 is 0.709 bits per heavy atom. The third kappa shape index (κ3) is 17.7. The van der Waals surface area contributed by atoms with Gasteiger partial charge in [0.1, 0.15) is 23.0 Å². The number of halogens is 5. The molecule has 0 amide bonds. The zero-order chi connectivity index (χ0) is 39.5. The average molecular weight is 853 g/mol. The lowest BCUT2D eigenvalue weighted by Crippen LogP contribution is -2.02. The van der Waals surface area contributed by atoms with Gasteiger partial charge in [0.2, 0.25) is 0 Å². The minimum atomic E-state index is -1.72. The Morgan fingerprint density at radius 3 is 1.04 bits per heavy atom. The van der Waals surface area contributed by atoms with Crippen LogP contribution in [0.25, 0.3) is 0 Å². The second-order valence-electron chi connectivity index (χ2n) is 11.0. The summed E-state index contributed by atoms with van der Waals surface area (Å²) in [6.45, 7) is 3.52. The molecule has 0 radical (unpaired) electrons. The van der Waals surface area contributed by atoms with Crippen LogP contribution in [0.1, 0.15) is 66.9 Å². The molecule has 55 heavy (non-hydrogen) atoms. The van der Waals surface area contributed by atoms with E-state index in [4.69, 9.17) is 62.8 Å². The number of carbonyl (C=O) groups is 4. The first-order valence-corrected chi connectivity index (χ1v) is 22.0. The van der Waals surface area contributed by atoms with Crippen molar-refractivity contribution in [2.24, 2.45) is 0 Å². The molecule has 0 spiro atoms. The van der Waals surface area contributed by atoms with Crippen LogP contribution in [-0.2, 0) is 0 Å². The van der Waals surface area contributed by atoms with E-state index in [2.05, 4.69) is 0 Å². The first-order chi connectivity index (χ1) is 25.8. The maximum absolute atomic E-state index is 12.5. The second kappa shape index (κ2) is 24.9. The van der Waals surface area contributed by atoms with Crippen LogP contribution in [0.4, 0.5) is 0 Å². The van der Waals surface area contributed by atoms with E-state index in [0.29, 0.717) is 33.6 Å². The highest BCUT2D eigenvalue weighted by atomic mass is 35.8. The summed E-state index contributed by atoms with van der Waals surface area (Å²) in [5.74, 6) is 3.06. The molecule has 6 nitrogen and oxygen atoms in total. The van der Waals surface area contributed by atoms with E-state index in [1.165, 1.54) is 36.8 Å². The van der Waals surface area contributed by atoms with E-state index < -0.39 is 21.9 Å². The third-order valence-electron chi connectivity index (χ3n) is 6.99. The third-order valence-corrected chi connectivity index (χ3v) is 7.42. The minimum Gasteiger partial charge on any atom is -0.457 e. The summed E-state index contributed by atoms with van der Waals surface area (Å²) < 4.78 is 11.3. The van der Waals surface area contributed by atoms with Crippen molar-refractivity contribution < 1.29 is 28.7 Å². The molecule has 0 bridgehead atoms. The molecule has 0 heterocycles. The van der Waals surface area contributed by atoms with E-state index in [-0.39, 0.29) is 19.0 Å². The predicted molar refractivity (Wildman–Crippen MR) is 227 cm³/mol. The number of Topliss-reactive ketones (excluding diaryl/α,β-unsaturated/α-hetero) is 1. The minimum absolute atomic E-state index is 0. The molecule has 6 aromatic carbocycles. The Labute approximate surface area is 348 Å². The Balaban J connectivity index is 0.000000293. The second-order valence-corrected chi connectivity index (χ2v) is 18.1. The van der Waals surface area contributed by atoms with Crippen LogP contribution < -0.4 is 9.47 Å². The maximum atomic E-state index is 12.5. The highest BCUT2D eigenvalue weighted by Gasteiger charge is 2.10. The molecule has 0 aromatic heterocycles. The van der Waals surface area contributed by atoms with Crippen LogP contribution in [-0.4, -0.2) is 33.4 Å². The van der Waals surface area contributed by atoms with E-state index >= 15 is 0 Å². The van der Waals surface area contributed by atoms with Gasteiger partial charge in [0, 0.05) is 27.8 Å². The van der Waals surface area contributed by atoms with Crippen molar-refractivity contribution in [2.45, 2.75) is 21.3 Å². The molecule has 6 rings (SSSR count). The molecule has 0 atom stereocenters. The zero-order valence-corrected chi connectivity index (χ0v) is 33.9. The highest BCUT2D eigenvalue weighted by molar-refractivity contribution is 7.54. The Bertz CT molecular complexity index is 2010. The van der Waals surface area contributed by atoms with Gasteiger partial charge in [0.25, 0.3) is 10.5 Å². The quantitative estimate of drug-likeness (QED) is 0.0818. The van der Waals surface area contributed by atoms with Gasteiger partial charge in [-0.2, -0.15) is 0 Å². The fourth-order valence-corrected chi connectivity index (χ4v) is 4.54. The number of carbonyl (C=O) groups excluding carboxylic acids is 4. The van der Waals surface area contributed by atoms with Crippen LogP contribution in [0.5, 0.6) is 23.0 Å². The molecular weight excluding hydrogens is 817 g/mol. The fourth-order valence-electron chi connectivity index (χ4n) is 4.29. The number of benzene rings is 6. The van der Waals surface area contributed by atoms with Crippen molar-refractivity contribution in [1.29, 1.82) is 0 Å². The van der Waals surface area contributed by atoms with Crippen molar-refractivity contribution in [3.8, 4) is 23.0 Å². The number of ketones is 2.